The molecule has 3 aromatic heterocycles. The minimum absolute atomic E-state index is 0.131. The molecule has 33 heavy (non-hydrogen) atoms. The standard InChI is InChI=1S/C25H23ClN6S/c1-30(2)18-9-11-19(12-10-18)32-24(23(29-25(32)33)20-6-3-4-14-27-20)21-7-5-15-31(21)22-13-8-17(26)16-28-22/h3-16,23-24H,1-2H3,(H,29,33)/t23-,24-/m0/s1. The number of nitrogens with one attached hydrogen (secondary N) is 1. The molecule has 4 aromatic rings. The number of hydrogen-bond donors (Lipinski definition) is 1. The molecule has 0 bridgehead atoms. The van der Waals surface area contributed by atoms with Crippen molar-refractivity contribution >= 4 is 40.3 Å². The van der Waals surface area contributed by atoms with Crippen LogP contribution in [-0.2, 0) is 0 Å². The molecule has 2 atom stereocenters. The number of anilines is 2. The fourth-order valence-corrected chi connectivity index (χ4v) is 4.66. The Labute approximate surface area is 203 Å². The van der Waals surface area contributed by atoms with Crippen molar-refractivity contribution in [2.24, 2.45) is 0 Å². The highest BCUT2D eigenvalue weighted by atomic mass is 35.5. The van der Waals surface area contributed by atoms with Crippen molar-refractivity contribution in [2.45, 2.75) is 12.1 Å². The van der Waals surface area contributed by atoms with Gasteiger partial charge >= 0.3 is 0 Å². The summed E-state index contributed by atoms with van der Waals surface area (Å²) in [6.07, 6.45) is 5.48. The molecule has 166 valence electrons. The summed E-state index contributed by atoms with van der Waals surface area (Å²) in [7, 11) is 4.06. The number of nitrogens with zero attached hydrogens (tertiary/aromatic N) is 5. The second-order valence-electron chi connectivity index (χ2n) is 8.05. The summed E-state index contributed by atoms with van der Waals surface area (Å²) in [6, 6.07) is 22.0. The molecule has 5 rings (SSSR count). The summed E-state index contributed by atoms with van der Waals surface area (Å²) >= 11 is 11.9. The average molecular weight is 475 g/mol. The Hall–Kier alpha value is -3.42. The monoisotopic (exact) mass is 474 g/mol. The fraction of sp³-hybridized carbons (Fsp3) is 0.160. The van der Waals surface area contributed by atoms with Crippen LogP contribution in [0.4, 0.5) is 11.4 Å². The molecule has 4 heterocycles. The second-order valence-corrected chi connectivity index (χ2v) is 8.87. The van der Waals surface area contributed by atoms with Gasteiger partial charge < -0.3 is 19.7 Å². The first kappa shape index (κ1) is 21.4. The highest BCUT2D eigenvalue weighted by molar-refractivity contribution is 7.80. The number of rotatable bonds is 5. The van der Waals surface area contributed by atoms with Gasteiger partial charge in [-0.25, -0.2) is 4.98 Å². The van der Waals surface area contributed by atoms with Crippen molar-refractivity contribution in [2.75, 3.05) is 23.9 Å². The topological polar surface area (TPSA) is 49.2 Å². The summed E-state index contributed by atoms with van der Waals surface area (Å²) < 4.78 is 2.08. The number of aromatic nitrogens is 3. The molecular weight excluding hydrogens is 452 g/mol. The maximum absolute atomic E-state index is 6.08. The predicted octanol–water partition coefficient (Wildman–Crippen LogP) is 5.16. The Morgan fingerprint density at radius 3 is 2.45 bits per heavy atom. The van der Waals surface area contributed by atoms with Crippen LogP contribution in [0.2, 0.25) is 5.02 Å². The molecule has 1 saturated heterocycles. The van der Waals surface area contributed by atoms with Gasteiger partial charge in [0.15, 0.2) is 5.11 Å². The molecule has 0 amide bonds. The van der Waals surface area contributed by atoms with Gasteiger partial charge in [0.1, 0.15) is 11.9 Å². The van der Waals surface area contributed by atoms with Gasteiger partial charge in [-0.2, -0.15) is 0 Å². The van der Waals surface area contributed by atoms with E-state index in [9.17, 15) is 0 Å². The van der Waals surface area contributed by atoms with Crippen LogP contribution in [0.15, 0.2) is 85.3 Å². The van der Waals surface area contributed by atoms with E-state index in [2.05, 4.69) is 60.0 Å². The first-order chi connectivity index (χ1) is 16.0. The summed E-state index contributed by atoms with van der Waals surface area (Å²) in [5, 5.41) is 4.77. The minimum Gasteiger partial charge on any atom is -0.378 e. The van der Waals surface area contributed by atoms with Crippen LogP contribution in [-0.4, -0.2) is 33.7 Å². The molecule has 1 aromatic carbocycles. The largest absolute Gasteiger partial charge is 0.378 e. The minimum atomic E-state index is -0.134. The third-order valence-corrected chi connectivity index (χ3v) is 6.32. The molecule has 0 spiro atoms. The zero-order valence-corrected chi connectivity index (χ0v) is 19.8. The van der Waals surface area contributed by atoms with Crippen LogP contribution < -0.4 is 15.1 Å². The SMILES string of the molecule is CN(C)c1ccc(N2C(=S)N[C@@H](c3ccccn3)[C@@H]2c2cccn2-c2ccc(Cl)cn2)cc1. The normalized spacial score (nSPS) is 17.8. The summed E-state index contributed by atoms with van der Waals surface area (Å²) in [5.41, 5.74) is 4.11. The second kappa shape index (κ2) is 8.84. The van der Waals surface area contributed by atoms with Crippen molar-refractivity contribution in [1.29, 1.82) is 0 Å². The van der Waals surface area contributed by atoms with Crippen molar-refractivity contribution < 1.29 is 0 Å². The Morgan fingerprint density at radius 2 is 1.79 bits per heavy atom. The smallest absolute Gasteiger partial charge is 0.174 e. The zero-order valence-electron chi connectivity index (χ0n) is 18.3. The van der Waals surface area contributed by atoms with Gasteiger partial charge in [-0.15, -0.1) is 0 Å². The first-order valence-electron chi connectivity index (χ1n) is 10.6. The zero-order chi connectivity index (χ0) is 22.9. The van der Waals surface area contributed by atoms with Gasteiger partial charge in [0.05, 0.1) is 16.8 Å². The highest BCUT2D eigenvalue weighted by Gasteiger charge is 2.42. The van der Waals surface area contributed by atoms with Crippen LogP contribution >= 0.6 is 23.8 Å². The third-order valence-electron chi connectivity index (χ3n) is 5.78. The van der Waals surface area contributed by atoms with E-state index in [0.29, 0.717) is 10.1 Å². The lowest BCUT2D eigenvalue weighted by Gasteiger charge is -2.29. The third kappa shape index (κ3) is 4.05. The predicted molar refractivity (Wildman–Crippen MR) is 137 cm³/mol. The van der Waals surface area contributed by atoms with Crippen LogP contribution in [0, 0.1) is 0 Å². The summed E-state index contributed by atoms with van der Waals surface area (Å²) in [4.78, 5) is 13.4. The van der Waals surface area contributed by atoms with Crippen molar-refractivity contribution in [3.63, 3.8) is 0 Å². The molecule has 1 fully saturated rings. The molecule has 6 nitrogen and oxygen atoms in total. The maximum atomic E-state index is 6.08. The van der Waals surface area contributed by atoms with Crippen LogP contribution in [0.25, 0.3) is 5.82 Å². The molecule has 0 unspecified atom stereocenters. The van der Waals surface area contributed by atoms with Crippen LogP contribution in [0.5, 0.6) is 0 Å². The van der Waals surface area contributed by atoms with Crippen molar-refractivity contribution in [1.82, 2.24) is 19.9 Å². The van der Waals surface area contributed by atoms with E-state index in [4.69, 9.17) is 23.8 Å². The van der Waals surface area contributed by atoms with E-state index in [1.165, 1.54) is 0 Å². The van der Waals surface area contributed by atoms with E-state index in [-0.39, 0.29) is 12.1 Å². The Morgan fingerprint density at radius 1 is 0.970 bits per heavy atom. The lowest BCUT2D eigenvalue weighted by Crippen LogP contribution is -2.30. The number of benzene rings is 1. The van der Waals surface area contributed by atoms with Gasteiger partial charge in [0.25, 0.3) is 0 Å². The molecular formula is C25H23ClN6S. The Kier molecular flexibility index (Phi) is 5.74. The number of hydrogen-bond acceptors (Lipinski definition) is 4. The molecule has 1 aliphatic heterocycles. The summed E-state index contributed by atoms with van der Waals surface area (Å²) in [6.45, 7) is 0. The lowest BCUT2D eigenvalue weighted by molar-refractivity contribution is 0.548. The summed E-state index contributed by atoms with van der Waals surface area (Å²) in [5.74, 6) is 0.792. The highest BCUT2D eigenvalue weighted by Crippen LogP contribution is 2.42. The lowest BCUT2D eigenvalue weighted by atomic mass is 10.0. The van der Waals surface area contributed by atoms with E-state index in [1.807, 2.05) is 62.9 Å². The van der Waals surface area contributed by atoms with E-state index >= 15 is 0 Å². The van der Waals surface area contributed by atoms with Gasteiger partial charge in [-0.1, -0.05) is 17.7 Å². The van der Waals surface area contributed by atoms with Crippen molar-refractivity contribution in [3.8, 4) is 5.82 Å². The van der Waals surface area contributed by atoms with Gasteiger partial charge in [-0.05, 0) is 72.9 Å². The van der Waals surface area contributed by atoms with Crippen molar-refractivity contribution in [3.05, 3.63) is 102 Å². The Bertz CT molecular complexity index is 1250. The van der Waals surface area contributed by atoms with Gasteiger partial charge in [0.2, 0.25) is 0 Å². The first-order valence-corrected chi connectivity index (χ1v) is 11.4. The quantitative estimate of drug-likeness (QED) is 0.403. The van der Waals surface area contributed by atoms with Crippen LogP contribution in [0.1, 0.15) is 23.5 Å². The van der Waals surface area contributed by atoms with E-state index in [1.54, 1.807) is 6.20 Å². The molecule has 0 saturated carbocycles. The number of halogens is 1. The fourth-order valence-electron chi connectivity index (χ4n) is 4.20. The molecule has 0 aliphatic carbocycles. The van der Waals surface area contributed by atoms with E-state index < -0.39 is 0 Å². The van der Waals surface area contributed by atoms with Gasteiger partial charge in [-0.3, -0.25) is 4.98 Å². The molecule has 8 heteroatoms. The molecule has 0 radical (unpaired) electrons. The average Bonchev–Trinajstić information content (AvgIpc) is 3.44. The molecule has 1 aliphatic rings. The number of pyridine rings is 2. The van der Waals surface area contributed by atoms with Gasteiger partial charge in [0, 0.05) is 49.8 Å². The Balaban J connectivity index is 1.63. The van der Waals surface area contributed by atoms with E-state index in [0.717, 1.165) is 28.6 Å². The van der Waals surface area contributed by atoms with Crippen LogP contribution in [0.3, 0.4) is 0 Å². The molecule has 1 N–H and O–H groups in total. The number of thiocarbonyl (C=S) groups is 1. The maximum Gasteiger partial charge on any atom is 0.174 e.